The number of thiazole rings is 2. The second-order valence-electron chi connectivity index (χ2n) is 5.16. The number of nitriles is 4. The molecule has 0 N–H and O–H groups in total. The third-order valence-electron chi connectivity index (χ3n) is 3.77. The first-order valence-corrected chi connectivity index (χ1v) is 8.81. The predicted octanol–water partition coefficient (Wildman–Crippen LogP) is 2.45. The summed E-state index contributed by atoms with van der Waals surface area (Å²) in [7, 11) is 0. The fourth-order valence-corrected chi connectivity index (χ4v) is 4.62. The van der Waals surface area contributed by atoms with Gasteiger partial charge < -0.3 is 0 Å². The summed E-state index contributed by atoms with van der Waals surface area (Å²) in [4.78, 5) is 8.89. The van der Waals surface area contributed by atoms with Gasteiger partial charge >= 0.3 is 0 Å². The molecular formula is C18H4N6S2. The zero-order valence-corrected chi connectivity index (χ0v) is 14.4. The maximum absolute atomic E-state index is 9.09. The van der Waals surface area contributed by atoms with Crippen LogP contribution >= 0.6 is 22.7 Å². The molecule has 8 heteroatoms. The van der Waals surface area contributed by atoms with Crippen LogP contribution in [0.1, 0.15) is 0 Å². The highest BCUT2D eigenvalue weighted by Gasteiger charge is 2.13. The van der Waals surface area contributed by atoms with Gasteiger partial charge in [-0.1, -0.05) is 12.1 Å². The zero-order valence-electron chi connectivity index (χ0n) is 12.8. The van der Waals surface area contributed by atoms with Gasteiger partial charge in [-0.05, 0) is 17.5 Å². The highest BCUT2D eigenvalue weighted by molar-refractivity contribution is 7.19. The molecular weight excluding hydrogens is 364 g/mol. The SMILES string of the molecule is N#CC(C#N)=c1nc2c(ccc3ccc4nc(=C(C#N)C#N)sc4c32)s1. The van der Waals surface area contributed by atoms with Crippen LogP contribution in [0.4, 0.5) is 0 Å². The van der Waals surface area contributed by atoms with Crippen molar-refractivity contribution in [1.29, 1.82) is 21.0 Å². The average molecular weight is 368 g/mol. The van der Waals surface area contributed by atoms with Gasteiger partial charge in [0.1, 0.15) is 33.6 Å². The Kier molecular flexibility index (Phi) is 3.57. The van der Waals surface area contributed by atoms with Crippen LogP contribution in [0.15, 0.2) is 24.3 Å². The van der Waals surface area contributed by atoms with Crippen LogP contribution in [0.3, 0.4) is 0 Å². The van der Waals surface area contributed by atoms with Crippen LogP contribution in [0.2, 0.25) is 0 Å². The minimum Gasteiger partial charge on any atom is -0.234 e. The minimum absolute atomic E-state index is 0.0268. The Bertz CT molecular complexity index is 1380. The minimum atomic E-state index is -0.0323. The first-order chi connectivity index (χ1) is 12.7. The normalized spacial score (nSPS) is 10.2. The van der Waals surface area contributed by atoms with E-state index in [4.69, 9.17) is 21.0 Å². The molecule has 0 saturated heterocycles. The number of benzene rings is 2. The van der Waals surface area contributed by atoms with Crippen LogP contribution < -0.4 is 9.33 Å². The van der Waals surface area contributed by atoms with E-state index >= 15 is 0 Å². The molecule has 2 aromatic carbocycles. The van der Waals surface area contributed by atoms with Crippen molar-refractivity contribution in [3.63, 3.8) is 0 Å². The number of hydrogen-bond donors (Lipinski definition) is 0. The van der Waals surface area contributed by atoms with Crippen molar-refractivity contribution < 1.29 is 0 Å². The molecule has 4 rings (SSSR count). The maximum atomic E-state index is 9.09. The van der Waals surface area contributed by atoms with Crippen molar-refractivity contribution in [1.82, 2.24) is 9.97 Å². The lowest BCUT2D eigenvalue weighted by atomic mass is 10.1. The maximum Gasteiger partial charge on any atom is 0.165 e. The Labute approximate surface area is 154 Å². The van der Waals surface area contributed by atoms with Crippen molar-refractivity contribution in [3.8, 4) is 24.3 Å². The van der Waals surface area contributed by atoms with E-state index in [1.807, 2.05) is 48.5 Å². The lowest BCUT2D eigenvalue weighted by Gasteiger charge is -1.99. The topological polar surface area (TPSA) is 121 Å². The van der Waals surface area contributed by atoms with Gasteiger partial charge in [0.2, 0.25) is 0 Å². The number of aromatic nitrogens is 2. The van der Waals surface area contributed by atoms with E-state index in [0.717, 1.165) is 20.2 Å². The first kappa shape index (κ1) is 15.7. The molecule has 0 unspecified atom stereocenters. The van der Waals surface area contributed by atoms with Gasteiger partial charge in [0.25, 0.3) is 0 Å². The summed E-state index contributed by atoms with van der Waals surface area (Å²) in [5.41, 5.74) is 1.30. The average Bonchev–Trinajstić information content (AvgIpc) is 3.27. The summed E-state index contributed by atoms with van der Waals surface area (Å²) < 4.78 is 2.41. The molecule has 0 spiro atoms. The molecule has 6 nitrogen and oxygen atoms in total. The van der Waals surface area contributed by atoms with Gasteiger partial charge in [-0.25, -0.2) is 9.97 Å². The third-order valence-corrected chi connectivity index (χ3v) is 5.91. The monoisotopic (exact) mass is 368 g/mol. The summed E-state index contributed by atoms with van der Waals surface area (Å²) in [5.74, 6) is 0. The number of fused-ring (bicyclic) bond motifs is 5. The van der Waals surface area contributed by atoms with E-state index in [9.17, 15) is 0 Å². The van der Waals surface area contributed by atoms with Crippen molar-refractivity contribution >= 4 is 65.0 Å². The second-order valence-corrected chi connectivity index (χ2v) is 7.19. The van der Waals surface area contributed by atoms with Gasteiger partial charge in [-0.15, -0.1) is 22.7 Å². The quantitative estimate of drug-likeness (QED) is 0.470. The van der Waals surface area contributed by atoms with Crippen LogP contribution in [0, 0.1) is 45.3 Å². The standard InChI is InChI=1S/C18H4N6S2/c19-5-10(6-20)17-23-12-3-1-9-2-4-13-15(14(9)16(12)26-17)24-18(25-13)11(7-21)8-22/h1-4H. The first-order valence-electron chi connectivity index (χ1n) is 7.18. The van der Waals surface area contributed by atoms with Gasteiger partial charge in [0.05, 0.1) is 20.4 Å². The van der Waals surface area contributed by atoms with E-state index < -0.39 is 0 Å². The van der Waals surface area contributed by atoms with Crippen LogP contribution in [0.5, 0.6) is 0 Å². The molecule has 0 aliphatic carbocycles. The smallest absolute Gasteiger partial charge is 0.165 e. The predicted molar refractivity (Wildman–Crippen MR) is 98.8 cm³/mol. The van der Waals surface area contributed by atoms with Gasteiger partial charge in [-0.3, -0.25) is 0 Å². The van der Waals surface area contributed by atoms with Crippen molar-refractivity contribution in [3.05, 3.63) is 33.6 Å². The Morgan fingerprint density at radius 2 is 1.38 bits per heavy atom. The van der Waals surface area contributed by atoms with E-state index in [2.05, 4.69) is 9.97 Å². The van der Waals surface area contributed by atoms with Crippen molar-refractivity contribution in [2.24, 2.45) is 0 Å². The molecule has 26 heavy (non-hydrogen) atoms. The molecule has 0 fully saturated rings. The molecule has 0 atom stereocenters. The van der Waals surface area contributed by atoms with Gasteiger partial charge in [0.15, 0.2) is 11.1 Å². The Balaban J connectivity index is 2.26. The highest BCUT2D eigenvalue weighted by atomic mass is 32.1. The molecule has 0 aliphatic rings. The van der Waals surface area contributed by atoms with Crippen LogP contribution in [0.25, 0.3) is 42.4 Å². The number of nitrogens with zero attached hydrogens (tertiary/aromatic N) is 6. The number of hydrogen-bond acceptors (Lipinski definition) is 8. The molecule has 2 aromatic heterocycles. The zero-order chi connectivity index (χ0) is 18.3. The Morgan fingerprint density at radius 3 is 2.04 bits per heavy atom. The Morgan fingerprint density at radius 1 is 0.769 bits per heavy atom. The van der Waals surface area contributed by atoms with E-state index in [1.165, 1.54) is 22.7 Å². The fourth-order valence-electron chi connectivity index (χ4n) is 2.63. The van der Waals surface area contributed by atoms with Crippen molar-refractivity contribution in [2.75, 3.05) is 0 Å². The molecule has 0 radical (unpaired) electrons. The van der Waals surface area contributed by atoms with Gasteiger partial charge in [-0.2, -0.15) is 21.0 Å². The molecule has 4 aromatic rings. The fraction of sp³-hybridized carbons (Fsp3) is 0. The Hall–Kier alpha value is -3.82. The second kappa shape index (κ2) is 5.92. The highest BCUT2D eigenvalue weighted by Crippen LogP contribution is 2.32. The lowest BCUT2D eigenvalue weighted by molar-refractivity contribution is 1.40. The molecule has 0 amide bonds. The van der Waals surface area contributed by atoms with Crippen LogP contribution in [-0.2, 0) is 0 Å². The summed E-state index contributed by atoms with van der Waals surface area (Å²) in [6.07, 6.45) is 0. The van der Waals surface area contributed by atoms with Crippen molar-refractivity contribution in [2.45, 2.75) is 0 Å². The van der Waals surface area contributed by atoms with E-state index in [-0.39, 0.29) is 11.1 Å². The molecule has 118 valence electrons. The summed E-state index contributed by atoms with van der Waals surface area (Å²) in [6, 6.07) is 15.0. The molecule has 0 saturated carbocycles. The molecule has 2 heterocycles. The largest absolute Gasteiger partial charge is 0.234 e. The number of rotatable bonds is 0. The van der Waals surface area contributed by atoms with E-state index in [1.54, 1.807) is 0 Å². The summed E-state index contributed by atoms with van der Waals surface area (Å²) in [6.45, 7) is 0. The van der Waals surface area contributed by atoms with E-state index in [0.29, 0.717) is 20.4 Å². The summed E-state index contributed by atoms with van der Waals surface area (Å²) >= 11 is 2.54. The summed E-state index contributed by atoms with van der Waals surface area (Å²) in [5, 5.41) is 38.1. The van der Waals surface area contributed by atoms with Crippen LogP contribution in [-0.4, -0.2) is 9.97 Å². The molecule has 0 bridgehead atoms. The van der Waals surface area contributed by atoms with Gasteiger partial charge in [0, 0.05) is 5.39 Å². The molecule has 0 aliphatic heterocycles. The lowest BCUT2D eigenvalue weighted by Crippen LogP contribution is -2.00. The third kappa shape index (κ3) is 2.19.